The van der Waals surface area contributed by atoms with Crippen LogP contribution in [0.3, 0.4) is 0 Å². The van der Waals surface area contributed by atoms with E-state index in [2.05, 4.69) is 10.3 Å². The van der Waals surface area contributed by atoms with Crippen molar-refractivity contribution < 1.29 is 13.9 Å². The Balaban J connectivity index is 1.50. The molecular formula is C19H21F2N3O. The zero-order chi connectivity index (χ0) is 17.8. The van der Waals surface area contributed by atoms with E-state index >= 15 is 0 Å². The van der Waals surface area contributed by atoms with Gasteiger partial charge >= 0.3 is 0 Å². The molecular weight excluding hydrogens is 324 g/mol. The molecule has 6 heteroatoms. The highest BCUT2D eigenvalue weighted by atomic mass is 19.1. The molecule has 0 saturated heterocycles. The molecule has 3 rings (SSSR count). The third kappa shape index (κ3) is 4.63. The van der Waals surface area contributed by atoms with Gasteiger partial charge in [-0.05, 0) is 47.2 Å². The van der Waals surface area contributed by atoms with Crippen molar-refractivity contribution in [3.05, 3.63) is 71.4 Å². The van der Waals surface area contributed by atoms with Crippen molar-refractivity contribution in [1.29, 1.82) is 0 Å². The molecule has 0 bridgehead atoms. The first kappa shape index (κ1) is 17.5. The normalized spacial score (nSPS) is 13.9. The Morgan fingerprint density at radius 3 is 2.56 bits per heavy atom. The minimum absolute atomic E-state index is 0.200. The number of rotatable bonds is 7. The molecule has 0 amide bonds. The molecule has 0 saturated carbocycles. The summed E-state index contributed by atoms with van der Waals surface area (Å²) in [6.07, 6.45) is 1.27. The second-order valence-corrected chi connectivity index (χ2v) is 6.24. The standard InChI is InChI=1S/C19H21F2N3O/c20-15-5-13(6-16(21)9-15)7-17(22)19(25)11-23-10-12-1-2-14-3-4-24-18(14)8-12/h1-6,8-9,17,19,23-25H,7,10-11,22H2/t17-,19+/m0/s1. The van der Waals surface area contributed by atoms with Crippen LogP contribution in [0.5, 0.6) is 0 Å². The molecule has 5 N–H and O–H groups in total. The Hall–Kier alpha value is -2.28. The molecule has 132 valence electrons. The number of benzene rings is 2. The number of H-pyrrole nitrogens is 1. The fraction of sp³-hybridized carbons (Fsp3) is 0.263. The molecule has 0 aliphatic carbocycles. The van der Waals surface area contributed by atoms with E-state index < -0.39 is 23.8 Å². The lowest BCUT2D eigenvalue weighted by molar-refractivity contribution is 0.141. The topological polar surface area (TPSA) is 74.1 Å². The van der Waals surface area contributed by atoms with Gasteiger partial charge in [0.25, 0.3) is 0 Å². The van der Waals surface area contributed by atoms with Crippen LogP contribution in [0.1, 0.15) is 11.1 Å². The van der Waals surface area contributed by atoms with Gasteiger partial charge in [0.05, 0.1) is 6.10 Å². The van der Waals surface area contributed by atoms with Crippen molar-refractivity contribution in [2.24, 2.45) is 5.73 Å². The second kappa shape index (κ2) is 7.74. The Kier molecular flexibility index (Phi) is 5.43. The lowest BCUT2D eigenvalue weighted by Crippen LogP contribution is -2.43. The third-order valence-corrected chi connectivity index (χ3v) is 4.19. The molecule has 0 radical (unpaired) electrons. The SMILES string of the molecule is N[C@@H](Cc1cc(F)cc(F)c1)[C@H](O)CNCc1ccc2cc[nH]c2c1. The monoisotopic (exact) mass is 345 g/mol. The first-order chi connectivity index (χ1) is 12.0. The van der Waals surface area contributed by atoms with Crippen LogP contribution in [0.15, 0.2) is 48.7 Å². The molecule has 1 aromatic heterocycles. The van der Waals surface area contributed by atoms with E-state index in [4.69, 9.17) is 5.73 Å². The fourth-order valence-corrected chi connectivity index (χ4v) is 2.86. The van der Waals surface area contributed by atoms with E-state index in [1.165, 1.54) is 12.1 Å². The molecule has 0 fully saturated rings. The van der Waals surface area contributed by atoms with Crippen LogP contribution in [-0.2, 0) is 13.0 Å². The van der Waals surface area contributed by atoms with Gasteiger partial charge in [0, 0.05) is 36.9 Å². The van der Waals surface area contributed by atoms with E-state index in [0.717, 1.165) is 22.5 Å². The summed E-state index contributed by atoms with van der Waals surface area (Å²) >= 11 is 0. The number of hydrogen-bond donors (Lipinski definition) is 4. The summed E-state index contributed by atoms with van der Waals surface area (Å²) in [5, 5.41) is 14.5. The molecule has 3 aromatic rings. The Bertz CT molecular complexity index is 829. The summed E-state index contributed by atoms with van der Waals surface area (Å²) in [6, 6.07) is 10.8. The quantitative estimate of drug-likeness (QED) is 0.531. The van der Waals surface area contributed by atoms with Crippen molar-refractivity contribution in [3.8, 4) is 0 Å². The minimum atomic E-state index is -0.819. The van der Waals surface area contributed by atoms with E-state index in [9.17, 15) is 13.9 Å². The van der Waals surface area contributed by atoms with Crippen molar-refractivity contribution in [2.45, 2.75) is 25.1 Å². The van der Waals surface area contributed by atoms with Gasteiger partial charge in [-0.15, -0.1) is 0 Å². The van der Waals surface area contributed by atoms with Gasteiger partial charge in [-0.2, -0.15) is 0 Å². The van der Waals surface area contributed by atoms with Gasteiger partial charge in [0.2, 0.25) is 0 Å². The Morgan fingerprint density at radius 2 is 1.80 bits per heavy atom. The van der Waals surface area contributed by atoms with E-state index in [1.807, 2.05) is 30.5 Å². The summed E-state index contributed by atoms with van der Waals surface area (Å²) < 4.78 is 26.4. The van der Waals surface area contributed by atoms with Gasteiger partial charge in [0.1, 0.15) is 11.6 Å². The van der Waals surface area contributed by atoms with Crippen LogP contribution < -0.4 is 11.1 Å². The fourth-order valence-electron chi connectivity index (χ4n) is 2.86. The minimum Gasteiger partial charge on any atom is -0.390 e. The second-order valence-electron chi connectivity index (χ2n) is 6.24. The van der Waals surface area contributed by atoms with Crippen LogP contribution in [0, 0.1) is 11.6 Å². The maximum Gasteiger partial charge on any atom is 0.126 e. The largest absolute Gasteiger partial charge is 0.390 e. The van der Waals surface area contributed by atoms with Gasteiger partial charge in [-0.1, -0.05) is 12.1 Å². The number of nitrogens with two attached hydrogens (primary N) is 1. The molecule has 0 aliphatic rings. The van der Waals surface area contributed by atoms with Crippen molar-refractivity contribution >= 4 is 10.9 Å². The predicted molar refractivity (Wildman–Crippen MR) is 94.0 cm³/mol. The number of halogens is 2. The van der Waals surface area contributed by atoms with Crippen LogP contribution in [0.25, 0.3) is 10.9 Å². The van der Waals surface area contributed by atoms with Gasteiger partial charge in [-0.25, -0.2) is 8.78 Å². The molecule has 0 spiro atoms. The molecule has 0 aliphatic heterocycles. The first-order valence-corrected chi connectivity index (χ1v) is 8.16. The molecule has 4 nitrogen and oxygen atoms in total. The summed E-state index contributed by atoms with van der Waals surface area (Å²) in [4.78, 5) is 3.16. The van der Waals surface area contributed by atoms with Crippen LogP contribution in [0.4, 0.5) is 8.78 Å². The average Bonchev–Trinajstić information content (AvgIpc) is 3.01. The van der Waals surface area contributed by atoms with Crippen molar-refractivity contribution in [1.82, 2.24) is 10.3 Å². The molecule has 2 atom stereocenters. The lowest BCUT2D eigenvalue weighted by Gasteiger charge is -2.19. The highest BCUT2D eigenvalue weighted by Gasteiger charge is 2.16. The van der Waals surface area contributed by atoms with Gasteiger partial charge < -0.3 is 21.1 Å². The maximum atomic E-state index is 13.2. The van der Waals surface area contributed by atoms with Crippen molar-refractivity contribution in [3.63, 3.8) is 0 Å². The summed E-state index contributed by atoms with van der Waals surface area (Å²) in [5.41, 5.74) is 8.53. The zero-order valence-electron chi connectivity index (χ0n) is 13.7. The van der Waals surface area contributed by atoms with E-state index in [-0.39, 0.29) is 6.42 Å². The summed E-state index contributed by atoms with van der Waals surface area (Å²) in [6.45, 7) is 0.884. The maximum absolute atomic E-state index is 13.2. The molecule has 2 aromatic carbocycles. The van der Waals surface area contributed by atoms with E-state index in [1.54, 1.807) is 0 Å². The Morgan fingerprint density at radius 1 is 1.04 bits per heavy atom. The van der Waals surface area contributed by atoms with Crippen LogP contribution in [0.2, 0.25) is 0 Å². The molecule has 25 heavy (non-hydrogen) atoms. The van der Waals surface area contributed by atoms with Crippen LogP contribution >= 0.6 is 0 Å². The number of hydrogen-bond acceptors (Lipinski definition) is 3. The third-order valence-electron chi connectivity index (χ3n) is 4.19. The number of aliphatic hydroxyl groups excluding tert-OH is 1. The number of nitrogens with one attached hydrogen (secondary N) is 2. The highest BCUT2D eigenvalue weighted by molar-refractivity contribution is 5.79. The summed E-state index contributed by atoms with van der Waals surface area (Å²) in [5.74, 6) is -1.29. The number of fused-ring (bicyclic) bond motifs is 1. The lowest BCUT2D eigenvalue weighted by atomic mass is 10.0. The number of aromatic amines is 1. The van der Waals surface area contributed by atoms with E-state index in [0.29, 0.717) is 18.7 Å². The molecule has 0 unspecified atom stereocenters. The van der Waals surface area contributed by atoms with Gasteiger partial charge in [-0.3, -0.25) is 0 Å². The molecule has 1 heterocycles. The smallest absolute Gasteiger partial charge is 0.126 e. The predicted octanol–water partition coefficient (Wildman–Crippen LogP) is 2.47. The number of aromatic nitrogens is 1. The van der Waals surface area contributed by atoms with Crippen LogP contribution in [-0.4, -0.2) is 28.8 Å². The number of aliphatic hydroxyl groups is 1. The highest BCUT2D eigenvalue weighted by Crippen LogP contribution is 2.14. The van der Waals surface area contributed by atoms with Crippen molar-refractivity contribution in [2.75, 3.05) is 6.54 Å². The Labute approximate surface area is 144 Å². The summed E-state index contributed by atoms with van der Waals surface area (Å²) in [7, 11) is 0. The first-order valence-electron chi connectivity index (χ1n) is 8.16. The zero-order valence-corrected chi connectivity index (χ0v) is 13.7. The average molecular weight is 345 g/mol. The van der Waals surface area contributed by atoms with Gasteiger partial charge in [0.15, 0.2) is 0 Å².